The first-order chi connectivity index (χ1) is 12.3. The van der Waals surface area contributed by atoms with Crippen LogP contribution in [-0.4, -0.2) is 25.2 Å². The number of amides is 1. The lowest BCUT2D eigenvalue weighted by atomic mass is 10.0. The number of aromatic amines is 1. The number of benzene rings is 1. The van der Waals surface area contributed by atoms with Crippen LogP contribution in [0, 0.1) is 0 Å². The molecule has 0 fully saturated rings. The number of nitrogens with zero attached hydrogens (tertiary/aromatic N) is 3. The molecule has 0 unspecified atom stereocenters. The van der Waals surface area contributed by atoms with Gasteiger partial charge in [-0.2, -0.15) is 5.10 Å². The van der Waals surface area contributed by atoms with Gasteiger partial charge in [-0.1, -0.05) is 26.0 Å². The number of fused-ring (bicyclic) bond motifs is 1. The van der Waals surface area contributed by atoms with Gasteiger partial charge in [0, 0.05) is 19.8 Å². The van der Waals surface area contributed by atoms with Crippen LogP contribution in [0.1, 0.15) is 31.0 Å². The van der Waals surface area contributed by atoms with Gasteiger partial charge in [-0.25, -0.2) is 4.79 Å². The Morgan fingerprint density at radius 1 is 1.15 bits per heavy atom. The molecule has 0 spiro atoms. The summed E-state index contributed by atoms with van der Waals surface area (Å²) in [4.78, 5) is 36.7. The van der Waals surface area contributed by atoms with Gasteiger partial charge in [0.1, 0.15) is 5.39 Å². The predicted octanol–water partition coefficient (Wildman–Crippen LogP) is 1.26. The fraction of sp³-hybridized carbons (Fsp3) is 0.333. The molecular weight excluding hydrogens is 334 g/mol. The number of hydrogen-bond donors (Lipinski definition) is 2. The molecule has 0 aliphatic carbocycles. The molecule has 26 heavy (non-hydrogen) atoms. The average molecular weight is 355 g/mol. The molecule has 1 aromatic carbocycles. The zero-order chi connectivity index (χ0) is 19.0. The van der Waals surface area contributed by atoms with Crippen LogP contribution in [0.3, 0.4) is 0 Å². The topological polar surface area (TPSA) is 102 Å². The van der Waals surface area contributed by atoms with Gasteiger partial charge in [0.15, 0.2) is 5.65 Å². The highest BCUT2D eigenvalue weighted by molar-refractivity contribution is 5.94. The molecule has 0 saturated heterocycles. The number of carbonyl (C=O) groups is 1. The first-order valence-electron chi connectivity index (χ1n) is 8.32. The zero-order valence-corrected chi connectivity index (χ0v) is 15.2. The molecule has 136 valence electrons. The Morgan fingerprint density at radius 3 is 2.42 bits per heavy atom. The molecule has 0 radical (unpaired) electrons. The second kappa shape index (κ2) is 6.62. The highest BCUT2D eigenvalue weighted by atomic mass is 16.2. The number of H-pyrrole nitrogens is 1. The average Bonchev–Trinajstić information content (AvgIpc) is 3.02. The minimum Gasteiger partial charge on any atom is -0.326 e. The SMILES string of the molecule is CC(C)c1ccc(NC(=O)Cc2[nH]nc3c2c(=O)n(C)c(=O)n3C)cc1. The van der Waals surface area contributed by atoms with Crippen molar-refractivity contribution in [3.05, 3.63) is 56.4 Å². The second-order valence-electron chi connectivity index (χ2n) is 6.61. The molecular formula is C18H21N5O3. The van der Waals surface area contributed by atoms with E-state index in [2.05, 4.69) is 29.4 Å². The van der Waals surface area contributed by atoms with Gasteiger partial charge in [0.2, 0.25) is 5.91 Å². The Labute approximate surface area is 149 Å². The third kappa shape index (κ3) is 3.05. The van der Waals surface area contributed by atoms with Gasteiger partial charge >= 0.3 is 5.69 Å². The number of rotatable bonds is 4. The molecule has 8 heteroatoms. The summed E-state index contributed by atoms with van der Waals surface area (Å²) in [5, 5.41) is 9.78. The van der Waals surface area contributed by atoms with Gasteiger partial charge in [-0.15, -0.1) is 0 Å². The van der Waals surface area contributed by atoms with E-state index in [1.807, 2.05) is 24.3 Å². The van der Waals surface area contributed by atoms with Gasteiger partial charge < -0.3 is 5.32 Å². The van der Waals surface area contributed by atoms with Gasteiger partial charge in [-0.3, -0.25) is 23.8 Å². The third-order valence-corrected chi connectivity index (χ3v) is 4.43. The van der Waals surface area contributed by atoms with E-state index in [9.17, 15) is 14.4 Å². The maximum atomic E-state index is 12.4. The van der Waals surface area contributed by atoms with Crippen molar-refractivity contribution in [1.82, 2.24) is 19.3 Å². The second-order valence-corrected chi connectivity index (χ2v) is 6.61. The van der Waals surface area contributed by atoms with Crippen LogP contribution in [0.4, 0.5) is 5.69 Å². The highest BCUT2D eigenvalue weighted by Crippen LogP contribution is 2.17. The zero-order valence-electron chi connectivity index (χ0n) is 15.2. The first kappa shape index (κ1) is 17.7. The Bertz CT molecular complexity index is 1090. The predicted molar refractivity (Wildman–Crippen MR) is 99.4 cm³/mol. The Balaban J connectivity index is 1.86. The molecule has 1 amide bonds. The van der Waals surface area contributed by atoms with Crippen molar-refractivity contribution < 1.29 is 4.79 Å². The summed E-state index contributed by atoms with van der Waals surface area (Å²) < 4.78 is 2.28. The number of hydrogen-bond acceptors (Lipinski definition) is 4. The highest BCUT2D eigenvalue weighted by Gasteiger charge is 2.18. The molecule has 3 rings (SSSR count). The number of aromatic nitrogens is 4. The normalized spacial score (nSPS) is 11.3. The van der Waals surface area contributed by atoms with Crippen molar-refractivity contribution in [2.75, 3.05) is 5.32 Å². The van der Waals surface area contributed by atoms with E-state index in [-0.39, 0.29) is 23.4 Å². The minimum atomic E-state index is -0.471. The van der Waals surface area contributed by atoms with Crippen LogP contribution in [-0.2, 0) is 25.3 Å². The van der Waals surface area contributed by atoms with Gasteiger partial charge in [-0.05, 0) is 23.6 Å². The molecule has 2 heterocycles. The van der Waals surface area contributed by atoms with Gasteiger partial charge in [0.05, 0.1) is 12.1 Å². The molecule has 0 aliphatic rings. The monoisotopic (exact) mass is 355 g/mol. The fourth-order valence-electron chi connectivity index (χ4n) is 2.85. The van der Waals surface area contributed by atoms with Crippen LogP contribution < -0.4 is 16.6 Å². The number of carbonyl (C=O) groups excluding carboxylic acids is 1. The Hall–Kier alpha value is -3.16. The minimum absolute atomic E-state index is 0.0458. The molecule has 3 aromatic rings. The van der Waals surface area contributed by atoms with Crippen molar-refractivity contribution >= 4 is 22.6 Å². The molecule has 0 atom stereocenters. The quantitative estimate of drug-likeness (QED) is 0.736. The fourth-order valence-corrected chi connectivity index (χ4v) is 2.85. The van der Waals surface area contributed by atoms with E-state index in [4.69, 9.17) is 0 Å². The summed E-state index contributed by atoms with van der Waals surface area (Å²) >= 11 is 0. The molecule has 2 N–H and O–H groups in total. The lowest BCUT2D eigenvalue weighted by Crippen LogP contribution is -2.37. The third-order valence-electron chi connectivity index (χ3n) is 4.43. The van der Waals surface area contributed by atoms with E-state index >= 15 is 0 Å². The molecule has 0 aliphatic heterocycles. The van der Waals surface area contributed by atoms with Crippen molar-refractivity contribution in [2.45, 2.75) is 26.2 Å². The van der Waals surface area contributed by atoms with Crippen LogP contribution in [0.25, 0.3) is 11.0 Å². The van der Waals surface area contributed by atoms with Crippen LogP contribution in [0.5, 0.6) is 0 Å². The van der Waals surface area contributed by atoms with Gasteiger partial charge in [0.25, 0.3) is 5.56 Å². The van der Waals surface area contributed by atoms with Crippen LogP contribution in [0.2, 0.25) is 0 Å². The number of anilines is 1. The maximum absolute atomic E-state index is 12.4. The van der Waals surface area contributed by atoms with E-state index in [0.717, 1.165) is 4.57 Å². The lowest BCUT2D eigenvalue weighted by Gasteiger charge is -2.08. The Morgan fingerprint density at radius 2 is 1.81 bits per heavy atom. The standard InChI is InChI=1S/C18H21N5O3/c1-10(2)11-5-7-12(8-6-11)19-14(24)9-13-15-16(21-20-13)22(3)18(26)23(4)17(15)25/h5-8,10H,9H2,1-4H3,(H,19,24)(H,20,21). The molecule has 8 nitrogen and oxygen atoms in total. The van der Waals surface area contributed by atoms with Crippen molar-refractivity contribution in [2.24, 2.45) is 14.1 Å². The van der Waals surface area contributed by atoms with E-state index in [1.54, 1.807) is 0 Å². The summed E-state index contributed by atoms with van der Waals surface area (Å²) in [5.41, 5.74) is 1.56. The van der Waals surface area contributed by atoms with E-state index in [1.165, 1.54) is 24.2 Å². The molecule has 0 saturated carbocycles. The van der Waals surface area contributed by atoms with Crippen molar-refractivity contribution in [3.63, 3.8) is 0 Å². The lowest BCUT2D eigenvalue weighted by molar-refractivity contribution is -0.115. The van der Waals surface area contributed by atoms with Crippen LogP contribution in [0.15, 0.2) is 33.9 Å². The van der Waals surface area contributed by atoms with Crippen molar-refractivity contribution in [3.8, 4) is 0 Å². The van der Waals surface area contributed by atoms with E-state index in [0.29, 0.717) is 17.3 Å². The number of aryl methyl sites for hydroxylation is 1. The number of nitrogens with one attached hydrogen (secondary N) is 2. The maximum Gasteiger partial charge on any atom is 0.332 e. The summed E-state index contributed by atoms with van der Waals surface area (Å²) in [6, 6.07) is 7.64. The molecule has 0 bridgehead atoms. The Kier molecular flexibility index (Phi) is 4.50. The summed E-state index contributed by atoms with van der Waals surface area (Å²) in [7, 11) is 2.93. The largest absolute Gasteiger partial charge is 0.332 e. The summed E-state index contributed by atoms with van der Waals surface area (Å²) in [6.07, 6.45) is -0.0458. The smallest absolute Gasteiger partial charge is 0.326 e. The van der Waals surface area contributed by atoms with Crippen molar-refractivity contribution in [1.29, 1.82) is 0 Å². The summed E-state index contributed by atoms with van der Waals surface area (Å²) in [6.45, 7) is 4.20. The molecule has 2 aromatic heterocycles. The van der Waals surface area contributed by atoms with Crippen LogP contribution >= 0.6 is 0 Å². The van der Waals surface area contributed by atoms with E-state index < -0.39 is 11.2 Å². The first-order valence-corrected chi connectivity index (χ1v) is 8.32. The summed E-state index contributed by atoms with van der Waals surface area (Å²) in [5.74, 6) is 0.141.